The SMILES string of the molecule is CN[C@H]1c2ccccc2C=C[C@@H]1N1CCCC1. The Morgan fingerprint density at radius 3 is 2.71 bits per heavy atom. The van der Waals surface area contributed by atoms with E-state index in [1.54, 1.807) is 0 Å². The van der Waals surface area contributed by atoms with Crippen LogP contribution in [0, 0.1) is 0 Å². The smallest absolute Gasteiger partial charge is 0.0518 e. The van der Waals surface area contributed by atoms with Crippen molar-refractivity contribution in [2.24, 2.45) is 0 Å². The first kappa shape index (κ1) is 11.0. The average molecular weight is 228 g/mol. The van der Waals surface area contributed by atoms with E-state index in [4.69, 9.17) is 0 Å². The van der Waals surface area contributed by atoms with Gasteiger partial charge in [-0.15, -0.1) is 0 Å². The van der Waals surface area contributed by atoms with Crippen LogP contribution in [0.3, 0.4) is 0 Å². The summed E-state index contributed by atoms with van der Waals surface area (Å²) in [7, 11) is 2.07. The van der Waals surface area contributed by atoms with E-state index in [9.17, 15) is 0 Å². The molecule has 3 rings (SSSR count). The molecule has 1 aromatic carbocycles. The maximum absolute atomic E-state index is 3.49. The van der Waals surface area contributed by atoms with Gasteiger partial charge < -0.3 is 5.32 Å². The third-order valence-corrected chi connectivity index (χ3v) is 4.02. The summed E-state index contributed by atoms with van der Waals surface area (Å²) >= 11 is 0. The minimum absolute atomic E-state index is 0.439. The fourth-order valence-corrected chi connectivity index (χ4v) is 3.14. The Hall–Kier alpha value is -1.12. The number of benzene rings is 1. The van der Waals surface area contributed by atoms with Gasteiger partial charge in [-0.3, -0.25) is 4.90 Å². The van der Waals surface area contributed by atoms with Crippen LogP contribution in [0.25, 0.3) is 6.08 Å². The first-order chi connectivity index (χ1) is 8.40. The van der Waals surface area contributed by atoms with Gasteiger partial charge in [-0.05, 0) is 44.1 Å². The molecule has 1 aromatic rings. The third kappa shape index (κ3) is 1.92. The predicted octanol–water partition coefficient (Wildman–Crippen LogP) is 2.44. The van der Waals surface area contributed by atoms with Crippen LogP contribution < -0.4 is 5.32 Å². The molecule has 1 N–H and O–H groups in total. The zero-order valence-corrected chi connectivity index (χ0v) is 10.4. The molecule has 0 spiro atoms. The van der Waals surface area contributed by atoms with Crippen LogP contribution in [0.4, 0.5) is 0 Å². The molecular weight excluding hydrogens is 208 g/mol. The van der Waals surface area contributed by atoms with E-state index in [1.165, 1.54) is 37.1 Å². The lowest BCUT2D eigenvalue weighted by Crippen LogP contribution is -2.42. The van der Waals surface area contributed by atoms with Crippen LogP contribution in [0.2, 0.25) is 0 Å². The zero-order valence-electron chi connectivity index (χ0n) is 10.4. The molecule has 0 unspecified atom stereocenters. The van der Waals surface area contributed by atoms with E-state index in [1.807, 2.05) is 0 Å². The fraction of sp³-hybridized carbons (Fsp3) is 0.467. The summed E-state index contributed by atoms with van der Waals surface area (Å²) in [6.45, 7) is 2.49. The highest BCUT2D eigenvalue weighted by atomic mass is 15.2. The summed E-state index contributed by atoms with van der Waals surface area (Å²) in [4.78, 5) is 2.60. The van der Waals surface area contributed by atoms with E-state index in [2.05, 4.69) is 53.7 Å². The highest BCUT2D eigenvalue weighted by Gasteiger charge is 2.30. The van der Waals surface area contributed by atoms with E-state index < -0.39 is 0 Å². The van der Waals surface area contributed by atoms with Crippen molar-refractivity contribution in [2.75, 3.05) is 20.1 Å². The Labute approximate surface area is 103 Å². The molecule has 0 radical (unpaired) electrons. The zero-order chi connectivity index (χ0) is 11.7. The topological polar surface area (TPSA) is 15.3 Å². The summed E-state index contributed by atoms with van der Waals surface area (Å²) < 4.78 is 0. The number of nitrogens with one attached hydrogen (secondary N) is 1. The number of hydrogen-bond acceptors (Lipinski definition) is 2. The van der Waals surface area contributed by atoms with Gasteiger partial charge in [0, 0.05) is 6.04 Å². The molecule has 0 aromatic heterocycles. The van der Waals surface area contributed by atoms with Gasteiger partial charge in [0.25, 0.3) is 0 Å². The first-order valence-electron chi connectivity index (χ1n) is 6.58. The van der Waals surface area contributed by atoms with Crippen molar-refractivity contribution in [2.45, 2.75) is 24.9 Å². The second-order valence-corrected chi connectivity index (χ2v) is 4.99. The molecule has 1 aliphatic heterocycles. The largest absolute Gasteiger partial charge is 0.311 e. The van der Waals surface area contributed by atoms with Crippen molar-refractivity contribution in [3.8, 4) is 0 Å². The van der Waals surface area contributed by atoms with Crippen molar-refractivity contribution in [3.63, 3.8) is 0 Å². The number of fused-ring (bicyclic) bond motifs is 1. The number of hydrogen-bond donors (Lipinski definition) is 1. The molecular formula is C15H20N2. The van der Waals surface area contributed by atoms with Crippen LogP contribution >= 0.6 is 0 Å². The minimum Gasteiger partial charge on any atom is -0.311 e. The van der Waals surface area contributed by atoms with Gasteiger partial charge in [0.15, 0.2) is 0 Å². The molecule has 2 aliphatic rings. The van der Waals surface area contributed by atoms with Crippen LogP contribution in [0.15, 0.2) is 30.3 Å². The summed E-state index contributed by atoms with van der Waals surface area (Å²) in [5.41, 5.74) is 2.80. The monoisotopic (exact) mass is 228 g/mol. The molecule has 1 fully saturated rings. The highest BCUT2D eigenvalue weighted by Crippen LogP contribution is 2.32. The lowest BCUT2D eigenvalue weighted by molar-refractivity contribution is 0.235. The van der Waals surface area contributed by atoms with Crippen molar-refractivity contribution in [1.29, 1.82) is 0 Å². The third-order valence-electron chi connectivity index (χ3n) is 4.02. The lowest BCUT2D eigenvalue weighted by atomic mass is 9.88. The van der Waals surface area contributed by atoms with Crippen molar-refractivity contribution in [3.05, 3.63) is 41.5 Å². The molecule has 90 valence electrons. The standard InChI is InChI=1S/C15H20N2/c1-16-15-13-7-3-2-6-12(13)8-9-14(15)17-10-4-5-11-17/h2-3,6-9,14-16H,4-5,10-11H2,1H3/t14-,15-/m0/s1. The Bertz CT molecular complexity index is 419. The Balaban J connectivity index is 1.93. The highest BCUT2D eigenvalue weighted by molar-refractivity contribution is 5.59. The molecule has 1 aliphatic carbocycles. The molecule has 0 bridgehead atoms. The van der Waals surface area contributed by atoms with E-state index in [-0.39, 0.29) is 0 Å². The second-order valence-electron chi connectivity index (χ2n) is 4.99. The normalized spacial score (nSPS) is 28.3. The van der Waals surface area contributed by atoms with Crippen LogP contribution in [-0.2, 0) is 0 Å². The van der Waals surface area contributed by atoms with Gasteiger partial charge in [-0.25, -0.2) is 0 Å². The van der Waals surface area contributed by atoms with Crippen molar-refractivity contribution >= 4 is 6.08 Å². The van der Waals surface area contributed by atoms with E-state index in [0.29, 0.717) is 12.1 Å². The van der Waals surface area contributed by atoms with Crippen molar-refractivity contribution in [1.82, 2.24) is 10.2 Å². The maximum atomic E-state index is 3.49. The van der Waals surface area contributed by atoms with Gasteiger partial charge in [0.2, 0.25) is 0 Å². The quantitative estimate of drug-likeness (QED) is 0.836. The molecule has 0 saturated carbocycles. The number of nitrogens with zero attached hydrogens (tertiary/aromatic N) is 1. The van der Waals surface area contributed by atoms with Gasteiger partial charge >= 0.3 is 0 Å². The molecule has 0 amide bonds. The first-order valence-corrected chi connectivity index (χ1v) is 6.58. The predicted molar refractivity (Wildman–Crippen MR) is 71.9 cm³/mol. The second kappa shape index (κ2) is 4.63. The summed E-state index contributed by atoms with van der Waals surface area (Å²) in [6.07, 6.45) is 7.35. The maximum Gasteiger partial charge on any atom is 0.0518 e. The molecule has 2 atom stereocenters. The van der Waals surface area contributed by atoms with E-state index >= 15 is 0 Å². The Morgan fingerprint density at radius 1 is 1.18 bits per heavy atom. The fourth-order valence-electron chi connectivity index (χ4n) is 3.14. The molecule has 1 heterocycles. The van der Waals surface area contributed by atoms with Crippen LogP contribution in [-0.4, -0.2) is 31.1 Å². The molecule has 1 saturated heterocycles. The van der Waals surface area contributed by atoms with Crippen LogP contribution in [0.1, 0.15) is 30.0 Å². The van der Waals surface area contributed by atoms with Crippen molar-refractivity contribution < 1.29 is 0 Å². The average Bonchev–Trinajstić information content (AvgIpc) is 2.91. The summed E-state index contributed by atoms with van der Waals surface area (Å²) in [6, 6.07) is 9.68. The summed E-state index contributed by atoms with van der Waals surface area (Å²) in [5, 5.41) is 3.49. The Morgan fingerprint density at radius 2 is 1.94 bits per heavy atom. The van der Waals surface area contributed by atoms with Crippen LogP contribution in [0.5, 0.6) is 0 Å². The van der Waals surface area contributed by atoms with Gasteiger partial charge in [0.1, 0.15) is 0 Å². The van der Waals surface area contributed by atoms with Gasteiger partial charge in [-0.2, -0.15) is 0 Å². The van der Waals surface area contributed by atoms with E-state index in [0.717, 1.165) is 0 Å². The number of rotatable bonds is 2. The number of likely N-dealkylation sites (tertiary alicyclic amines) is 1. The minimum atomic E-state index is 0.439. The molecule has 17 heavy (non-hydrogen) atoms. The number of likely N-dealkylation sites (N-methyl/N-ethyl adjacent to an activating group) is 1. The van der Waals surface area contributed by atoms with Gasteiger partial charge in [0.05, 0.1) is 6.04 Å². The Kier molecular flexibility index (Phi) is 3.00. The molecule has 2 nitrogen and oxygen atoms in total. The summed E-state index contributed by atoms with van der Waals surface area (Å²) in [5.74, 6) is 0. The lowest BCUT2D eigenvalue weighted by Gasteiger charge is -2.35. The molecule has 2 heteroatoms. The van der Waals surface area contributed by atoms with Gasteiger partial charge in [-0.1, -0.05) is 36.4 Å².